The van der Waals surface area contributed by atoms with Gasteiger partial charge >= 0.3 is 0 Å². The van der Waals surface area contributed by atoms with E-state index < -0.39 is 4.92 Å². The third kappa shape index (κ3) is 2.04. The van der Waals surface area contributed by atoms with Crippen LogP contribution in [0.4, 0.5) is 5.69 Å². The number of nitrogens with zero attached hydrogens (tertiary/aromatic N) is 3. The van der Waals surface area contributed by atoms with Crippen molar-refractivity contribution in [3.05, 3.63) is 40.6 Å². The number of non-ortho nitro benzene ring substituents is 1. The molecule has 18 heavy (non-hydrogen) atoms. The van der Waals surface area contributed by atoms with Crippen molar-refractivity contribution in [2.24, 2.45) is 0 Å². The summed E-state index contributed by atoms with van der Waals surface area (Å²) in [4.78, 5) is 23.7. The number of amides is 1. The molecule has 0 bridgehead atoms. The number of aromatic nitrogens is 1. The van der Waals surface area contributed by atoms with Gasteiger partial charge in [-0.1, -0.05) is 12.1 Å². The quantitative estimate of drug-likeness (QED) is 0.611. The Balaban J connectivity index is 2.52. The summed E-state index contributed by atoms with van der Waals surface area (Å²) in [6.07, 6.45) is 1.69. The Morgan fingerprint density at radius 1 is 1.39 bits per heavy atom. The zero-order chi connectivity index (χ0) is 13.3. The first-order valence-electron chi connectivity index (χ1n) is 5.43. The smallest absolute Gasteiger partial charge is 0.293 e. The molecule has 1 aromatic carbocycles. The lowest BCUT2D eigenvalue weighted by atomic mass is 10.2. The normalized spacial score (nSPS) is 10.6. The minimum atomic E-state index is -0.432. The minimum Gasteiger partial charge on any atom is -0.347 e. The van der Waals surface area contributed by atoms with Crippen LogP contribution in [0, 0.1) is 10.1 Å². The minimum absolute atomic E-state index is 0.0176. The lowest BCUT2D eigenvalue weighted by molar-refractivity contribution is -0.383. The molecule has 0 aliphatic heterocycles. The van der Waals surface area contributed by atoms with Crippen molar-refractivity contribution < 1.29 is 9.72 Å². The molecule has 0 aliphatic rings. The molecule has 1 heterocycles. The van der Waals surface area contributed by atoms with Gasteiger partial charge < -0.3 is 9.47 Å². The van der Waals surface area contributed by atoms with Crippen LogP contribution in [0.5, 0.6) is 0 Å². The zero-order valence-electron chi connectivity index (χ0n) is 10.2. The monoisotopic (exact) mass is 247 g/mol. The molecule has 1 aromatic heterocycles. The van der Waals surface area contributed by atoms with E-state index in [0.717, 1.165) is 5.39 Å². The summed E-state index contributed by atoms with van der Waals surface area (Å²) in [5.74, 6) is -0.106. The molecule has 0 fully saturated rings. The summed E-state index contributed by atoms with van der Waals surface area (Å²) in [5.41, 5.74) is 0.502. The van der Waals surface area contributed by atoms with Crippen LogP contribution >= 0.6 is 0 Å². The van der Waals surface area contributed by atoms with E-state index in [2.05, 4.69) is 0 Å². The highest BCUT2D eigenvalue weighted by Gasteiger charge is 2.17. The number of benzene rings is 1. The predicted molar refractivity (Wildman–Crippen MR) is 67.3 cm³/mol. The number of carbonyl (C=O) groups is 1. The first-order chi connectivity index (χ1) is 8.50. The Morgan fingerprint density at radius 3 is 2.72 bits per heavy atom. The second-order valence-corrected chi connectivity index (χ2v) is 4.20. The van der Waals surface area contributed by atoms with Gasteiger partial charge in [-0.25, -0.2) is 0 Å². The third-order valence-electron chi connectivity index (χ3n) is 2.77. The van der Waals surface area contributed by atoms with Crippen LogP contribution in [0.3, 0.4) is 0 Å². The van der Waals surface area contributed by atoms with E-state index in [4.69, 9.17) is 0 Å². The van der Waals surface area contributed by atoms with Crippen molar-refractivity contribution in [3.63, 3.8) is 0 Å². The number of likely N-dealkylation sites (N-methyl/N-ethyl adjacent to an activating group) is 1. The van der Waals surface area contributed by atoms with Crippen molar-refractivity contribution in [1.82, 2.24) is 9.47 Å². The van der Waals surface area contributed by atoms with E-state index in [-0.39, 0.29) is 18.1 Å². The fraction of sp³-hybridized carbons (Fsp3) is 0.250. The van der Waals surface area contributed by atoms with Crippen molar-refractivity contribution in [1.29, 1.82) is 0 Å². The molecular formula is C12H13N3O3. The van der Waals surface area contributed by atoms with Crippen LogP contribution in [0.1, 0.15) is 0 Å². The SMILES string of the molecule is CN(C)C(=O)Cn1ccc2cccc([N+](=O)[O-])c21. The fourth-order valence-electron chi connectivity index (χ4n) is 1.81. The fourth-order valence-corrected chi connectivity index (χ4v) is 1.81. The predicted octanol–water partition coefficient (Wildman–Crippen LogP) is 1.64. The van der Waals surface area contributed by atoms with Crippen LogP contribution < -0.4 is 0 Å². The van der Waals surface area contributed by atoms with Gasteiger partial charge in [0.05, 0.1) is 4.92 Å². The molecule has 0 N–H and O–H groups in total. The van der Waals surface area contributed by atoms with Crippen molar-refractivity contribution >= 4 is 22.5 Å². The van der Waals surface area contributed by atoms with E-state index in [9.17, 15) is 14.9 Å². The standard InChI is InChI=1S/C12H13N3O3/c1-13(2)11(16)8-14-7-6-9-4-3-5-10(12(9)14)15(17)18/h3-7H,8H2,1-2H3. The van der Waals surface area contributed by atoms with Gasteiger partial charge in [0, 0.05) is 31.7 Å². The molecule has 0 saturated heterocycles. The number of rotatable bonds is 3. The lowest BCUT2D eigenvalue weighted by Gasteiger charge is -2.11. The van der Waals surface area contributed by atoms with Crippen LogP contribution in [0.15, 0.2) is 30.5 Å². The second kappa shape index (κ2) is 4.48. The molecule has 94 valence electrons. The lowest BCUT2D eigenvalue weighted by Crippen LogP contribution is -2.26. The van der Waals surface area contributed by atoms with Crippen molar-refractivity contribution in [2.75, 3.05) is 14.1 Å². The van der Waals surface area contributed by atoms with E-state index in [1.165, 1.54) is 11.0 Å². The molecule has 0 unspecified atom stereocenters. The van der Waals surface area contributed by atoms with Gasteiger partial charge in [-0.15, -0.1) is 0 Å². The number of hydrogen-bond donors (Lipinski definition) is 0. The largest absolute Gasteiger partial charge is 0.347 e. The number of nitro benzene ring substituents is 1. The Labute approximate surface area is 104 Å². The van der Waals surface area contributed by atoms with Gasteiger partial charge in [-0.2, -0.15) is 0 Å². The van der Waals surface area contributed by atoms with E-state index >= 15 is 0 Å². The summed E-state index contributed by atoms with van der Waals surface area (Å²) in [6, 6.07) is 6.64. The first-order valence-corrected chi connectivity index (χ1v) is 5.43. The molecule has 0 atom stereocenters. The van der Waals surface area contributed by atoms with Crippen molar-refractivity contribution in [3.8, 4) is 0 Å². The van der Waals surface area contributed by atoms with Gasteiger partial charge in [0.15, 0.2) is 0 Å². The number of para-hydroxylation sites is 1. The Bertz CT molecular complexity index is 616. The van der Waals surface area contributed by atoms with E-state index in [1.807, 2.05) is 0 Å². The van der Waals surface area contributed by atoms with Gasteiger partial charge in [0.25, 0.3) is 5.69 Å². The molecule has 2 rings (SSSR count). The summed E-state index contributed by atoms with van der Waals surface area (Å²) < 4.78 is 1.61. The zero-order valence-corrected chi connectivity index (χ0v) is 10.2. The molecule has 6 nitrogen and oxygen atoms in total. The highest BCUT2D eigenvalue weighted by Crippen LogP contribution is 2.26. The summed E-state index contributed by atoms with van der Waals surface area (Å²) in [6.45, 7) is 0.0986. The Morgan fingerprint density at radius 2 is 2.11 bits per heavy atom. The third-order valence-corrected chi connectivity index (χ3v) is 2.77. The molecule has 0 saturated carbocycles. The van der Waals surface area contributed by atoms with Crippen LogP contribution in [0.2, 0.25) is 0 Å². The molecule has 6 heteroatoms. The second-order valence-electron chi connectivity index (χ2n) is 4.20. The highest BCUT2D eigenvalue weighted by molar-refractivity contribution is 5.90. The van der Waals surface area contributed by atoms with E-state index in [0.29, 0.717) is 5.52 Å². The molecule has 0 aliphatic carbocycles. The van der Waals surface area contributed by atoms with Gasteiger partial charge in [-0.05, 0) is 6.07 Å². The maximum atomic E-state index is 11.7. The van der Waals surface area contributed by atoms with E-state index in [1.54, 1.807) is 43.1 Å². The number of nitro groups is 1. The maximum absolute atomic E-state index is 11.7. The van der Waals surface area contributed by atoms with Crippen LogP contribution in [-0.2, 0) is 11.3 Å². The maximum Gasteiger partial charge on any atom is 0.293 e. The molecule has 2 aromatic rings. The number of hydrogen-bond acceptors (Lipinski definition) is 3. The topological polar surface area (TPSA) is 68.4 Å². The summed E-state index contributed by atoms with van der Waals surface area (Å²) in [7, 11) is 3.31. The molecule has 0 radical (unpaired) electrons. The van der Waals surface area contributed by atoms with Crippen molar-refractivity contribution in [2.45, 2.75) is 6.54 Å². The van der Waals surface area contributed by atoms with Gasteiger partial charge in [0.2, 0.25) is 5.91 Å². The number of fused-ring (bicyclic) bond motifs is 1. The summed E-state index contributed by atoms with van der Waals surface area (Å²) in [5, 5.41) is 11.7. The summed E-state index contributed by atoms with van der Waals surface area (Å²) >= 11 is 0. The van der Waals surface area contributed by atoms with Crippen LogP contribution in [0.25, 0.3) is 10.9 Å². The first kappa shape index (κ1) is 12.1. The average molecular weight is 247 g/mol. The average Bonchev–Trinajstić information content (AvgIpc) is 2.72. The molecular weight excluding hydrogens is 234 g/mol. The molecule has 0 spiro atoms. The Hall–Kier alpha value is -2.37. The highest BCUT2D eigenvalue weighted by atomic mass is 16.6. The number of carbonyl (C=O) groups excluding carboxylic acids is 1. The van der Waals surface area contributed by atoms with Gasteiger partial charge in [0.1, 0.15) is 12.1 Å². The Kier molecular flexibility index (Phi) is 3.01. The molecule has 1 amide bonds. The van der Waals surface area contributed by atoms with Gasteiger partial charge in [-0.3, -0.25) is 14.9 Å². The van der Waals surface area contributed by atoms with Crippen LogP contribution in [-0.4, -0.2) is 34.4 Å².